The molecule has 0 aromatic carbocycles. The van der Waals surface area contributed by atoms with Gasteiger partial charge in [-0.2, -0.15) is 0 Å². The number of nitrogens with zero attached hydrogens (tertiary/aromatic N) is 1. The third-order valence-corrected chi connectivity index (χ3v) is 4.18. The summed E-state index contributed by atoms with van der Waals surface area (Å²) in [6.07, 6.45) is 5.25. The molecule has 0 aliphatic carbocycles. The second-order valence-corrected chi connectivity index (χ2v) is 5.25. The highest BCUT2D eigenvalue weighted by Crippen LogP contribution is 2.35. The molecule has 0 spiro atoms. The smallest absolute Gasteiger partial charge is 0.0565 e. The van der Waals surface area contributed by atoms with Gasteiger partial charge < -0.3 is 10.5 Å². The standard InChI is InChI=1S/C12H24N2O/c1-10-4-3-6-14(10)12(9-13)5-7-15-11(2)8-12/h10-11H,3-9,13H2,1-2H3. The van der Waals surface area contributed by atoms with Gasteiger partial charge in [-0.1, -0.05) is 0 Å². The molecule has 2 aliphatic rings. The summed E-state index contributed by atoms with van der Waals surface area (Å²) in [6, 6.07) is 0.707. The van der Waals surface area contributed by atoms with Crippen LogP contribution in [0.4, 0.5) is 0 Å². The summed E-state index contributed by atoms with van der Waals surface area (Å²) >= 11 is 0. The van der Waals surface area contributed by atoms with Gasteiger partial charge in [0.15, 0.2) is 0 Å². The van der Waals surface area contributed by atoms with Crippen molar-refractivity contribution in [2.75, 3.05) is 19.7 Å². The molecule has 2 saturated heterocycles. The molecule has 2 rings (SSSR count). The van der Waals surface area contributed by atoms with E-state index >= 15 is 0 Å². The normalized spacial score (nSPS) is 43.4. The fourth-order valence-electron chi connectivity index (χ4n) is 3.35. The van der Waals surface area contributed by atoms with Crippen molar-refractivity contribution in [3.8, 4) is 0 Å². The monoisotopic (exact) mass is 212 g/mol. The van der Waals surface area contributed by atoms with E-state index in [4.69, 9.17) is 10.5 Å². The lowest BCUT2D eigenvalue weighted by Crippen LogP contribution is -2.59. The van der Waals surface area contributed by atoms with Gasteiger partial charge in [-0.3, -0.25) is 4.90 Å². The molecule has 0 aromatic heterocycles. The van der Waals surface area contributed by atoms with E-state index in [1.165, 1.54) is 19.4 Å². The third-order valence-electron chi connectivity index (χ3n) is 4.18. The SMILES string of the molecule is CC1CC(CN)(N2CCCC2C)CCO1. The summed E-state index contributed by atoms with van der Waals surface area (Å²) in [7, 11) is 0. The van der Waals surface area contributed by atoms with Crippen LogP contribution >= 0.6 is 0 Å². The minimum atomic E-state index is 0.230. The summed E-state index contributed by atoms with van der Waals surface area (Å²) in [5, 5.41) is 0. The number of nitrogens with two attached hydrogens (primary N) is 1. The molecule has 0 bridgehead atoms. The number of hydrogen-bond donors (Lipinski definition) is 1. The lowest BCUT2D eigenvalue weighted by molar-refractivity contribution is -0.0660. The third kappa shape index (κ3) is 2.05. The number of ether oxygens (including phenoxy) is 1. The molecule has 2 aliphatic heterocycles. The molecule has 2 N–H and O–H groups in total. The van der Waals surface area contributed by atoms with Crippen molar-refractivity contribution >= 4 is 0 Å². The Morgan fingerprint density at radius 2 is 2.27 bits per heavy atom. The molecule has 2 fully saturated rings. The molecule has 0 radical (unpaired) electrons. The van der Waals surface area contributed by atoms with E-state index in [0.717, 1.165) is 26.0 Å². The predicted molar refractivity (Wildman–Crippen MR) is 61.8 cm³/mol. The zero-order chi connectivity index (χ0) is 10.9. The molecule has 3 nitrogen and oxygen atoms in total. The molecule has 0 saturated carbocycles. The minimum Gasteiger partial charge on any atom is -0.378 e. The molecule has 3 atom stereocenters. The van der Waals surface area contributed by atoms with E-state index in [9.17, 15) is 0 Å². The summed E-state index contributed by atoms with van der Waals surface area (Å²) in [4.78, 5) is 2.64. The van der Waals surface area contributed by atoms with Gasteiger partial charge in [-0.25, -0.2) is 0 Å². The van der Waals surface area contributed by atoms with Crippen molar-refractivity contribution < 1.29 is 4.74 Å². The first kappa shape index (κ1) is 11.4. The quantitative estimate of drug-likeness (QED) is 0.751. The van der Waals surface area contributed by atoms with Crippen LogP contribution in [0.25, 0.3) is 0 Å². The Morgan fingerprint density at radius 1 is 1.47 bits per heavy atom. The maximum absolute atomic E-state index is 6.05. The molecular weight excluding hydrogens is 188 g/mol. The number of hydrogen-bond acceptors (Lipinski definition) is 3. The maximum Gasteiger partial charge on any atom is 0.0565 e. The first-order chi connectivity index (χ1) is 7.18. The van der Waals surface area contributed by atoms with Crippen LogP contribution in [0.15, 0.2) is 0 Å². The largest absolute Gasteiger partial charge is 0.378 e. The van der Waals surface area contributed by atoms with Gasteiger partial charge in [0, 0.05) is 24.7 Å². The lowest BCUT2D eigenvalue weighted by atomic mass is 9.84. The van der Waals surface area contributed by atoms with Crippen LogP contribution < -0.4 is 5.73 Å². The van der Waals surface area contributed by atoms with Gasteiger partial charge in [0.1, 0.15) is 0 Å². The topological polar surface area (TPSA) is 38.5 Å². The second-order valence-electron chi connectivity index (χ2n) is 5.25. The Bertz CT molecular complexity index is 222. The summed E-state index contributed by atoms with van der Waals surface area (Å²) in [5.74, 6) is 0. The fraction of sp³-hybridized carbons (Fsp3) is 1.00. The Labute approximate surface area is 93.0 Å². The summed E-state index contributed by atoms with van der Waals surface area (Å²) < 4.78 is 5.65. The molecule has 88 valence electrons. The Morgan fingerprint density at radius 3 is 2.80 bits per heavy atom. The molecule has 0 amide bonds. The summed E-state index contributed by atoms with van der Waals surface area (Å²) in [5.41, 5.74) is 6.28. The average molecular weight is 212 g/mol. The lowest BCUT2D eigenvalue weighted by Gasteiger charge is -2.47. The molecule has 0 aromatic rings. The highest BCUT2D eigenvalue weighted by molar-refractivity contribution is 4.99. The van der Waals surface area contributed by atoms with Crippen LogP contribution in [-0.4, -0.2) is 42.3 Å². The van der Waals surface area contributed by atoms with Crippen LogP contribution in [-0.2, 0) is 4.74 Å². The maximum atomic E-state index is 6.05. The van der Waals surface area contributed by atoms with Gasteiger partial charge in [-0.05, 0) is 46.1 Å². The Hall–Kier alpha value is -0.120. The van der Waals surface area contributed by atoms with Crippen molar-refractivity contribution in [2.45, 2.75) is 57.2 Å². The van der Waals surface area contributed by atoms with Gasteiger partial charge in [0.05, 0.1) is 6.10 Å². The highest BCUT2D eigenvalue weighted by Gasteiger charge is 2.43. The van der Waals surface area contributed by atoms with Gasteiger partial charge in [0.25, 0.3) is 0 Å². The highest BCUT2D eigenvalue weighted by atomic mass is 16.5. The van der Waals surface area contributed by atoms with Crippen molar-refractivity contribution in [3.63, 3.8) is 0 Å². The zero-order valence-electron chi connectivity index (χ0n) is 10.0. The second kappa shape index (κ2) is 4.40. The van der Waals surface area contributed by atoms with E-state index in [2.05, 4.69) is 18.7 Å². The predicted octanol–water partition coefficient (Wildman–Crippen LogP) is 1.37. The van der Waals surface area contributed by atoms with Gasteiger partial charge in [0.2, 0.25) is 0 Å². The average Bonchev–Trinajstić information content (AvgIpc) is 2.65. The summed E-state index contributed by atoms with van der Waals surface area (Å²) in [6.45, 7) is 7.40. The van der Waals surface area contributed by atoms with Crippen LogP contribution in [0.2, 0.25) is 0 Å². The molecule has 3 unspecified atom stereocenters. The van der Waals surface area contributed by atoms with E-state index < -0.39 is 0 Å². The Kier molecular flexibility index (Phi) is 3.33. The first-order valence-electron chi connectivity index (χ1n) is 6.26. The van der Waals surface area contributed by atoms with Gasteiger partial charge >= 0.3 is 0 Å². The number of likely N-dealkylation sites (tertiary alicyclic amines) is 1. The van der Waals surface area contributed by atoms with Crippen LogP contribution in [0.5, 0.6) is 0 Å². The molecule has 3 heteroatoms. The van der Waals surface area contributed by atoms with Crippen LogP contribution in [0, 0.1) is 0 Å². The van der Waals surface area contributed by atoms with Crippen LogP contribution in [0.3, 0.4) is 0 Å². The van der Waals surface area contributed by atoms with Crippen molar-refractivity contribution in [1.82, 2.24) is 4.90 Å². The number of rotatable bonds is 2. The van der Waals surface area contributed by atoms with E-state index in [0.29, 0.717) is 12.1 Å². The molecule has 15 heavy (non-hydrogen) atoms. The van der Waals surface area contributed by atoms with E-state index in [-0.39, 0.29) is 5.54 Å². The van der Waals surface area contributed by atoms with Gasteiger partial charge in [-0.15, -0.1) is 0 Å². The van der Waals surface area contributed by atoms with E-state index in [1.54, 1.807) is 0 Å². The molecule has 2 heterocycles. The fourth-order valence-corrected chi connectivity index (χ4v) is 3.35. The van der Waals surface area contributed by atoms with Crippen molar-refractivity contribution in [1.29, 1.82) is 0 Å². The zero-order valence-corrected chi connectivity index (χ0v) is 10.0. The van der Waals surface area contributed by atoms with Crippen molar-refractivity contribution in [2.24, 2.45) is 5.73 Å². The first-order valence-corrected chi connectivity index (χ1v) is 6.26. The Balaban J connectivity index is 2.12. The van der Waals surface area contributed by atoms with E-state index in [1.807, 2.05) is 0 Å². The van der Waals surface area contributed by atoms with Crippen LogP contribution in [0.1, 0.15) is 39.5 Å². The minimum absolute atomic E-state index is 0.230. The molecular formula is C12H24N2O. The van der Waals surface area contributed by atoms with Crippen molar-refractivity contribution in [3.05, 3.63) is 0 Å².